The second-order valence-corrected chi connectivity index (χ2v) is 6.59. The van der Waals surface area contributed by atoms with Crippen LogP contribution in [0, 0.1) is 6.92 Å². The summed E-state index contributed by atoms with van der Waals surface area (Å²) in [5, 5.41) is 2.99. The van der Waals surface area contributed by atoms with Crippen LogP contribution < -0.4 is 5.32 Å². The number of amides is 1. The standard InChI is InChI=1S/C21H18BrNO/c1-15-13-18(11-12-20(15)22)23-21(24)19-10-6-5-9-17(19)14-16-7-3-2-4-8-16/h2-13H,14H2,1H3,(H,23,24). The Morgan fingerprint density at radius 3 is 2.42 bits per heavy atom. The highest BCUT2D eigenvalue weighted by Gasteiger charge is 2.12. The van der Waals surface area contributed by atoms with Gasteiger partial charge in [-0.15, -0.1) is 0 Å². The smallest absolute Gasteiger partial charge is 0.255 e. The molecule has 0 radical (unpaired) electrons. The molecule has 0 heterocycles. The van der Waals surface area contributed by atoms with Crippen molar-refractivity contribution in [2.45, 2.75) is 13.3 Å². The van der Waals surface area contributed by atoms with E-state index in [1.165, 1.54) is 5.56 Å². The van der Waals surface area contributed by atoms with Crippen molar-refractivity contribution in [3.63, 3.8) is 0 Å². The molecule has 0 bridgehead atoms. The van der Waals surface area contributed by atoms with Crippen LogP contribution in [-0.2, 0) is 6.42 Å². The minimum absolute atomic E-state index is 0.0803. The molecule has 0 fully saturated rings. The second-order valence-electron chi connectivity index (χ2n) is 5.74. The fourth-order valence-corrected chi connectivity index (χ4v) is 2.88. The molecule has 3 rings (SSSR count). The lowest BCUT2D eigenvalue weighted by Crippen LogP contribution is -2.14. The van der Waals surface area contributed by atoms with Crippen LogP contribution in [0.3, 0.4) is 0 Å². The minimum Gasteiger partial charge on any atom is -0.322 e. The van der Waals surface area contributed by atoms with E-state index in [0.29, 0.717) is 5.56 Å². The van der Waals surface area contributed by atoms with E-state index in [1.54, 1.807) is 0 Å². The minimum atomic E-state index is -0.0803. The lowest BCUT2D eigenvalue weighted by Gasteiger charge is -2.11. The number of benzene rings is 3. The molecule has 3 aromatic carbocycles. The molecule has 0 aliphatic rings. The summed E-state index contributed by atoms with van der Waals surface area (Å²) < 4.78 is 1.03. The number of carbonyl (C=O) groups is 1. The topological polar surface area (TPSA) is 29.1 Å². The molecule has 120 valence electrons. The van der Waals surface area contributed by atoms with Gasteiger partial charge in [-0.3, -0.25) is 4.79 Å². The molecule has 2 nitrogen and oxygen atoms in total. The predicted octanol–water partition coefficient (Wildman–Crippen LogP) is 5.60. The maximum atomic E-state index is 12.7. The van der Waals surface area contributed by atoms with Gasteiger partial charge in [-0.05, 0) is 54.3 Å². The van der Waals surface area contributed by atoms with Gasteiger partial charge in [-0.2, -0.15) is 0 Å². The Labute approximate surface area is 150 Å². The summed E-state index contributed by atoms with van der Waals surface area (Å²) in [6, 6.07) is 23.7. The van der Waals surface area contributed by atoms with Gasteiger partial charge in [0.2, 0.25) is 0 Å². The van der Waals surface area contributed by atoms with E-state index >= 15 is 0 Å². The zero-order valence-electron chi connectivity index (χ0n) is 13.4. The highest BCUT2D eigenvalue weighted by Crippen LogP contribution is 2.21. The lowest BCUT2D eigenvalue weighted by atomic mass is 9.99. The van der Waals surface area contributed by atoms with Gasteiger partial charge in [-0.1, -0.05) is 64.5 Å². The zero-order valence-corrected chi connectivity index (χ0v) is 15.0. The molecule has 0 unspecified atom stereocenters. The van der Waals surface area contributed by atoms with Crippen LogP contribution in [0.5, 0.6) is 0 Å². The van der Waals surface area contributed by atoms with Gasteiger partial charge in [0.1, 0.15) is 0 Å². The molecule has 24 heavy (non-hydrogen) atoms. The van der Waals surface area contributed by atoms with E-state index < -0.39 is 0 Å². The molecular formula is C21H18BrNO. The third kappa shape index (κ3) is 3.92. The summed E-state index contributed by atoms with van der Waals surface area (Å²) in [7, 11) is 0. The fourth-order valence-electron chi connectivity index (χ4n) is 2.63. The quantitative estimate of drug-likeness (QED) is 0.627. The fraction of sp³-hybridized carbons (Fsp3) is 0.0952. The average Bonchev–Trinajstić information content (AvgIpc) is 2.59. The van der Waals surface area contributed by atoms with Crippen LogP contribution in [0.4, 0.5) is 5.69 Å². The van der Waals surface area contributed by atoms with Crippen molar-refractivity contribution in [3.8, 4) is 0 Å². The van der Waals surface area contributed by atoms with Crippen LogP contribution in [0.25, 0.3) is 0 Å². The number of nitrogens with one attached hydrogen (secondary N) is 1. The maximum Gasteiger partial charge on any atom is 0.255 e. The summed E-state index contributed by atoms with van der Waals surface area (Å²) in [4.78, 5) is 12.7. The van der Waals surface area contributed by atoms with Gasteiger partial charge in [0.15, 0.2) is 0 Å². The molecule has 0 aromatic heterocycles. The van der Waals surface area contributed by atoms with E-state index in [9.17, 15) is 4.79 Å². The number of rotatable bonds is 4. The molecule has 1 amide bonds. The first-order chi connectivity index (χ1) is 11.6. The molecule has 3 heteroatoms. The van der Waals surface area contributed by atoms with Crippen LogP contribution >= 0.6 is 15.9 Å². The SMILES string of the molecule is Cc1cc(NC(=O)c2ccccc2Cc2ccccc2)ccc1Br. The van der Waals surface area contributed by atoms with Gasteiger partial charge < -0.3 is 5.32 Å². The number of aryl methyl sites for hydroxylation is 1. The first-order valence-corrected chi connectivity index (χ1v) is 8.62. The molecule has 0 saturated heterocycles. The van der Waals surface area contributed by atoms with Gasteiger partial charge in [-0.25, -0.2) is 0 Å². The summed E-state index contributed by atoms with van der Waals surface area (Å²) in [6.45, 7) is 2.00. The molecule has 1 N–H and O–H groups in total. The molecular weight excluding hydrogens is 362 g/mol. The summed E-state index contributed by atoms with van der Waals surface area (Å²) in [6.07, 6.45) is 0.740. The summed E-state index contributed by atoms with van der Waals surface area (Å²) in [5.74, 6) is -0.0803. The van der Waals surface area contributed by atoms with Gasteiger partial charge in [0.05, 0.1) is 0 Å². The van der Waals surface area contributed by atoms with Crippen molar-refractivity contribution >= 4 is 27.5 Å². The van der Waals surface area contributed by atoms with Gasteiger partial charge in [0.25, 0.3) is 5.91 Å². The Balaban J connectivity index is 1.83. The van der Waals surface area contributed by atoms with Crippen LogP contribution in [0.2, 0.25) is 0 Å². The normalized spacial score (nSPS) is 10.4. The van der Waals surface area contributed by atoms with E-state index in [-0.39, 0.29) is 5.91 Å². The van der Waals surface area contributed by atoms with E-state index in [0.717, 1.165) is 27.7 Å². The van der Waals surface area contributed by atoms with Crippen molar-refractivity contribution in [2.75, 3.05) is 5.32 Å². The first kappa shape index (κ1) is 16.5. The lowest BCUT2D eigenvalue weighted by molar-refractivity contribution is 0.102. The largest absolute Gasteiger partial charge is 0.322 e. The average molecular weight is 380 g/mol. The summed E-state index contributed by atoms with van der Waals surface area (Å²) >= 11 is 3.48. The van der Waals surface area contributed by atoms with Crippen molar-refractivity contribution in [2.24, 2.45) is 0 Å². The Bertz CT molecular complexity index is 859. The Morgan fingerprint density at radius 2 is 1.67 bits per heavy atom. The van der Waals surface area contributed by atoms with Crippen molar-refractivity contribution in [3.05, 3.63) is 99.5 Å². The molecule has 0 atom stereocenters. The zero-order chi connectivity index (χ0) is 16.9. The molecule has 0 saturated carbocycles. The van der Waals surface area contributed by atoms with Crippen molar-refractivity contribution in [1.82, 2.24) is 0 Å². The number of hydrogen-bond acceptors (Lipinski definition) is 1. The maximum absolute atomic E-state index is 12.7. The first-order valence-electron chi connectivity index (χ1n) is 7.83. The van der Waals surface area contributed by atoms with Gasteiger partial charge >= 0.3 is 0 Å². The number of anilines is 1. The number of carbonyl (C=O) groups excluding carboxylic acids is 1. The predicted molar refractivity (Wildman–Crippen MR) is 103 cm³/mol. The monoisotopic (exact) mass is 379 g/mol. The third-order valence-electron chi connectivity index (χ3n) is 3.92. The van der Waals surface area contributed by atoms with E-state index in [4.69, 9.17) is 0 Å². The van der Waals surface area contributed by atoms with Crippen LogP contribution in [0.15, 0.2) is 77.3 Å². The Hall–Kier alpha value is -2.39. The van der Waals surface area contributed by atoms with Crippen molar-refractivity contribution in [1.29, 1.82) is 0 Å². The van der Waals surface area contributed by atoms with Crippen LogP contribution in [0.1, 0.15) is 27.0 Å². The molecule has 3 aromatic rings. The third-order valence-corrected chi connectivity index (χ3v) is 4.80. The molecule has 0 spiro atoms. The van der Waals surface area contributed by atoms with Crippen LogP contribution in [-0.4, -0.2) is 5.91 Å². The number of hydrogen-bond donors (Lipinski definition) is 1. The van der Waals surface area contributed by atoms with Gasteiger partial charge in [0, 0.05) is 15.7 Å². The Kier molecular flexibility index (Phi) is 5.11. The summed E-state index contributed by atoms with van der Waals surface area (Å²) in [5.41, 5.74) is 4.81. The number of halogens is 1. The highest BCUT2D eigenvalue weighted by molar-refractivity contribution is 9.10. The van der Waals surface area contributed by atoms with Crippen molar-refractivity contribution < 1.29 is 4.79 Å². The Morgan fingerprint density at radius 1 is 0.958 bits per heavy atom. The van der Waals surface area contributed by atoms with E-state index in [2.05, 4.69) is 33.4 Å². The molecule has 0 aliphatic heterocycles. The second kappa shape index (κ2) is 7.45. The highest BCUT2D eigenvalue weighted by atomic mass is 79.9. The molecule has 0 aliphatic carbocycles. The van der Waals surface area contributed by atoms with E-state index in [1.807, 2.05) is 67.6 Å².